The summed E-state index contributed by atoms with van der Waals surface area (Å²) in [5.74, 6) is -0.364. The van der Waals surface area contributed by atoms with Crippen LogP contribution in [-0.4, -0.2) is 16.2 Å². The van der Waals surface area contributed by atoms with Crippen LogP contribution in [0.2, 0.25) is 0 Å². The van der Waals surface area contributed by atoms with Gasteiger partial charge in [-0.15, -0.1) is 0 Å². The topological polar surface area (TPSA) is 75.7 Å². The van der Waals surface area contributed by atoms with E-state index in [1.54, 1.807) is 13.0 Å². The Kier molecular flexibility index (Phi) is 3.79. The van der Waals surface area contributed by atoms with Crippen molar-refractivity contribution >= 4 is 17.6 Å². The Hall–Kier alpha value is -2.69. The van der Waals surface area contributed by atoms with Gasteiger partial charge < -0.3 is 5.11 Å². The molecule has 0 spiro atoms. The van der Waals surface area contributed by atoms with Gasteiger partial charge in [0.1, 0.15) is 0 Å². The lowest BCUT2D eigenvalue weighted by molar-refractivity contribution is -0.385. The lowest BCUT2D eigenvalue weighted by atomic mass is 10.1. The highest BCUT2D eigenvalue weighted by atomic mass is 16.6. The van der Waals surface area contributed by atoms with Crippen LogP contribution in [0.3, 0.4) is 0 Å². The van der Waals surface area contributed by atoms with Crippen LogP contribution >= 0.6 is 0 Å². The van der Waals surface area contributed by atoms with Crippen molar-refractivity contribution in [3.63, 3.8) is 0 Å². The fraction of sp³-hybridized carbons (Fsp3) is 0.133. The maximum absolute atomic E-state index is 10.8. The molecule has 2 aromatic rings. The van der Waals surface area contributed by atoms with Crippen LogP contribution in [0.1, 0.15) is 16.7 Å². The summed E-state index contributed by atoms with van der Waals surface area (Å²) in [6.45, 7) is 3.71. The number of aromatic hydroxyl groups is 1. The summed E-state index contributed by atoms with van der Waals surface area (Å²) in [5.41, 5.74) is 2.56. The monoisotopic (exact) mass is 270 g/mol. The van der Waals surface area contributed by atoms with E-state index in [0.717, 1.165) is 11.3 Å². The molecule has 2 aromatic carbocycles. The summed E-state index contributed by atoms with van der Waals surface area (Å²) in [4.78, 5) is 14.4. The molecule has 0 heterocycles. The zero-order valence-corrected chi connectivity index (χ0v) is 11.2. The first-order valence-corrected chi connectivity index (χ1v) is 6.06. The zero-order valence-electron chi connectivity index (χ0n) is 11.2. The standard InChI is InChI=1S/C15H14N2O3/c1-10-3-5-13(6-4-10)16-9-12-7-11(2)8-14(15(12)18)17(19)20/h3-9,18H,1-2H3. The minimum atomic E-state index is -0.606. The summed E-state index contributed by atoms with van der Waals surface area (Å²) in [5, 5.41) is 20.7. The number of benzene rings is 2. The molecular formula is C15H14N2O3. The van der Waals surface area contributed by atoms with Crippen LogP contribution in [0, 0.1) is 24.0 Å². The van der Waals surface area contributed by atoms with Gasteiger partial charge in [0.15, 0.2) is 0 Å². The summed E-state index contributed by atoms with van der Waals surface area (Å²) < 4.78 is 0. The first-order valence-electron chi connectivity index (χ1n) is 6.06. The molecule has 0 fully saturated rings. The zero-order chi connectivity index (χ0) is 14.7. The van der Waals surface area contributed by atoms with Gasteiger partial charge in [0.2, 0.25) is 5.75 Å². The van der Waals surface area contributed by atoms with E-state index in [9.17, 15) is 15.2 Å². The van der Waals surface area contributed by atoms with E-state index in [1.165, 1.54) is 12.3 Å². The number of hydrogen-bond acceptors (Lipinski definition) is 4. The van der Waals surface area contributed by atoms with Crippen LogP contribution in [-0.2, 0) is 0 Å². The van der Waals surface area contributed by atoms with Crippen molar-refractivity contribution in [1.29, 1.82) is 0 Å². The minimum absolute atomic E-state index is 0.310. The van der Waals surface area contributed by atoms with Crippen molar-refractivity contribution in [2.75, 3.05) is 0 Å². The predicted octanol–water partition coefficient (Wildman–Crippen LogP) is 3.67. The molecule has 20 heavy (non-hydrogen) atoms. The Morgan fingerprint density at radius 3 is 2.40 bits per heavy atom. The molecule has 102 valence electrons. The van der Waals surface area contributed by atoms with Gasteiger partial charge in [-0.1, -0.05) is 17.7 Å². The largest absolute Gasteiger partial charge is 0.502 e. The number of aryl methyl sites for hydroxylation is 2. The lowest BCUT2D eigenvalue weighted by Crippen LogP contribution is -1.93. The lowest BCUT2D eigenvalue weighted by Gasteiger charge is -2.02. The molecule has 0 saturated heterocycles. The van der Waals surface area contributed by atoms with E-state index >= 15 is 0 Å². The maximum Gasteiger partial charge on any atom is 0.311 e. The molecule has 0 bridgehead atoms. The first kappa shape index (κ1) is 13.7. The Labute approximate surface area is 116 Å². The first-order chi connectivity index (χ1) is 9.47. The highest BCUT2D eigenvalue weighted by molar-refractivity contribution is 5.87. The average molecular weight is 270 g/mol. The molecule has 0 unspecified atom stereocenters. The molecule has 1 N–H and O–H groups in total. The molecule has 0 amide bonds. The van der Waals surface area contributed by atoms with Gasteiger partial charge in [-0.2, -0.15) is 0 Å². The summed E-state index contributed by atoms with van der Waals surface area (Å²) in [7, 11) is 0. The molecule has 0 aliphatic carbocycles. The third kappa shape index (κ3) is 3.00. The molecule has 0 saturated carbocycles. The second-order valence-electron chi connectivity index (χ2n) is 4.57. The number of aliphatic imine (C=N–C) groups is 1. The van der Waals surface area contributed by atoms with Gasteiger partial charge >= 0.3 is 5.69 Å². The fourth-order valence-electron chi connectivity index (χ4n) is 1.80. The van der Waals surface area contributed by atoms with Gasteiger partial charge in [0.25, 0.3) is 0 Å². The summed E-state index contributed by atoms with van der Waals surface area (Å²) in [6.07, 6.45) is 1.43. The second-order valence-corrected chi connectivity index (χ2v) is 4.57. The number of nitro groups is 1. The molecule has 5 heteroatoms. The minimum Gasteiger partial charge on any atom is -0.502 e. The van der Waals surface area contributed by atoms with Crippen molar-refractivity contribution in [3.8, 4) is 5.75 Å². The molecule has 0 atom stereocenters. The molecule has 0 aliphatic heterocycles. The second kappa shape index (κ2) is 5.52. The highest BCUT2D eigenvalue weighted by Crippen LogP contribution is 2.30. The van der Waals surface area contributed by atoms with Gasteiger partial charge in [-0.25, -0.2) is 0 Å². The van der Waals surface area contributed by atoms with Gasteiger partial charge in [-0.3, -0.25) is 15.1 Å². The normalized spacial score (nSPS) is 10.9. The predicted molar refractivity (Wildman–Crippen MR) is 77.9 cm³/mol. The highest BCUT2D eigenvalue weighted by Gasteiger charge is 2.16. The van der Waals surface area contributed by atoms with Crippen LogP contribution in [0.15, 0.2) is 41.4 Å². The van der Waals surface area contributed by atoms with E-state index < -0.39 is 4.92 Å². The van der Waals surface area contributed by atoms with Crippen molar-refractivity contribution in [1.82, 2.24) is 0 Å². The number of hydrogen-bond donors (Lipinski definition) is 1. The van der Waals surface area contributed by atoms with E-state index in [1.807, 2.05) is 31.2 Å². The Morgan fingerprint density at radius 1 is 1.15 bits per heavy atom. The fourth-order valence-corrected chi connectivity index (χ4v) is 1.80. The van der Waals surface area contributed by atoms with Crippen molar-refractivity contribution in [2.24, 2.45) is 4.99 Å². The van der Waals surface area contributed by atoms with E-state index in [0.29, 0.717) is 11.1 Å². The van der Waals surface area contributed by atoms with E-state index in [-0.39, 0.29) is 11.4 Å². The van der Waals surface area contributed by atoms with Crippen molar-refractivity contribution in [3.05, 3.63) is 63.2 Å². The van der Waals surface area contributed by atoms with Gasteiger partial charge in [0.05, 0.1) is 10.6 Å². The van der Waals surface area contributed by atoms with Gasteiger partial charge in [-0.05, 0) is 37.6 Å². The van der Waals surface area contributed by atoms with E-state index in [4.69, 9.17) is 0 Å². The molecular weight excluding hydrogens is 256 g/mol. The van der Waals surface area contributed by atoms with Gasteiger partial charge in [0, 0.05) is 17.8 Å². The smallest absolute Gasteiger partial charge is 0.311 e. The quantitative estimate of drug-likeness (QED) is 0.525. The molecule has 0 radical (unpaired) electrons. The molecule has 0 aromatic heterocycles. The van der Waals surface area contributed by atoms with E-state index in [2.05, 4.69) is 4.99 Å². The van der Waals surface area contributed by atoms with Crippen molar-refractivity contribution < 1.29 is 10.0 Å². The molecule has 2 rings (SSSR count). The summed E-state index contributed by atoms with van der Waals surface area (Å²) in [6, 6.07) is 10.5. The molecule has 5 nitrogen and oxygen atoms in total. The third-order valence-electron chi connectivity index (χ3n) is 2.85. The number of phenols is 1. The summed E-state index contributed by atoms with van der Waals surface area (Å²) >= 11 is 0. The van der Waals surface area contributed by atoms with Crippen LogP contribution in [0.25, 0.3) is 0 Å². The maximum atomic E-state index is 10.8. The van der Waals surface area contributed by atoms with Crippen molar-refractivity contribution in [2.45, 2.75) is 13.8 Å². The van der Waals surface area contributed by atoms with Crippen LogP contribution in [0.4, 0.5) is 11.4 Å². The average Bonchev–Trinajstić information content (AvgIpc) is 2.41. The molecule has 0 aliphatic rings. The third-order valence-corrected chi connectivity index (χ3v) is 2.85. The van der Waals surface area contributed by atoms with Crippen LogP contribution in [0.5, 0.6) is 5.75 Å². The number of phenolic OH excluding ortho intramolecular Hbond substituents is 1. The Bertz CT molecular complexity index is 676. The Morgan fingerprint density at radius 2 is 1.80 bits per heavy atom. The SMILES string of the molecule is Cc1ccc(N=Cc2cc(C)cc([N+](=O)[O-])c2O)cc1. The van der Waals surface area contributed by atoms with Crippen LogP contribution < -0.4 is 0 Å². The number of nitro benzene ring substituents is 1. The number of rotatable bonds is 3. The number of nitrogens with zero attached hydrogens (tertiary/aromatic N) is 2. The Balaban J connectivity index is 2.38.